The first-order valence-electron chi connectivity index (χ1n) is 6.45. The van der Waals surface area contributed by atoms with Gasteiger partial charge < -0.3 is 5.32 Å². The Morgan fingerprint density at radius 2 is 1.88 bits per heavy atom. The average Bonchev–Trinajstić information content (AvgIpc) is 2.30. The number of benzene rings is 1. The number of hydrogen-bond acceptors (Lipinski definition) is 1. The van der Waals surface area contributed by atoms with Crippen LogP contribution in [0.3, 0.4) is 0 Å². The third kappa shape index (κ3) is 4.63. The number of terminal acetylenes is 1. The van der Waals surface area contributed by atoms with Crippen LogP contribution >= 0.6 is 0 Å². The lowest BCUT2D eigenvalue weighted by molar-refractivity contribution is 0.486. The average molecular weight is 229 g/mol. The highest BCUT2D eigenvalue weighted by Crippen LogP contribution is 2.15. The fourth-order valence-electron chi connectivity index (χ4n) is 2.02. The summed E-state index contributed by atoms with van der Waals surface area (Å²) < 4.78 is 0. The molecule has 2 unspecified atom stereocenters. The summed E-state index contributed by atoms with van der Waals surface area (Å²) in [5.41, 5.74) is 2.74. The molecule has 0 aliphatic heterocycles. The predicted octanol–water partition coefficient (Wildman–Crippen LogP) is 3.70. The highest BCUT2D eigenvalue weighted by Gasteiger charge is 2.08. The lowest BCUT2D eigenvalue weighted by atomic mass is 10.0. The van der Waals surface area contributed by atoms with E-state index in [2.05, 4.69) is 56.3 Å². The van der Waals surface area contributed by atoms with E-state index in [1.54, 1.807) is 0 Å². The van der Waals surface area contributed by atoms with E-state index in [0.717, 1.165) is 12.8 Å². The normalized spacial score (nSPS) is 14.0. The smallest absolute Gasteiger partial charge is 0.0294 e. The van der Waals surface area contributed by atoms with Crippen molar-refractivity contribution < 1.29 is 0 Å². The van der Waals surface area contributed by atoms with E-state index in [9.17, 15) is 0 Å². The largest absolute Gasteiger partial charge is 0.307 e. The molecule has 92 valence electrons. The fraction of sp³-hybridized carbons (Fsp3) is 0.500. The molecule has 17 heavy (non-hydrogen) atoms. The van der Waals surface area contributed by atoms with E-state index in [-0.39, 0.29) is 0 Å². The maximum atomic E-state index is 5.31. The number of nitrogens with one attached hydrogen (secondary N) is 1. The van der Waals surface area contributed by atoms with Crippen molar-refractivity contribution in [2.24, 2.45) is 0 Å². The molecule has 1 nitrogen and oxygen atoms in total. The first kappa shape index (κ1) is 13.8. The van der Waals surface area contributed by atoms with E-state index >= 15 is 0 Å². The molecule has 2 atom stereocenters. The summed E-state index contributed by atoms with van der Waals surface area (Å²) in [6.45, 7) is 6.52. The van der Waals surface area contributed by atoms with Gasteiger partial charge in [-0.3, -0.25) is 0 Å². The third-order valence-electron chi connectivity index (χ3n) is 2.98. The van der Waals surface area contributed by atoms with Crippen LogP contribution in [0, 0.1) is 12.3 Å². The predicted molar refractivity (Wildman–Crippen MR) is 74.9 cm³/mol. The molecular weight excluding hydrogens is 206 g/mol. The second-order valence-corrected chi connectivity index (χ2v) is 4.69. The molecule has 0 spiro atoms. The molecule has 0 heterocycles. The fourth-order valence-corrected chi connectivity index (χ4v) is 2.02. The van der Waals surface area contributed by atoms with Crippen molar-refractivity contribution in [1.82, 2.24) is 5.32 Å². The molecule has 0 bridgehead atoms. The summed E-state index contributed by atoms with van der Waals surface area (Å²) in [5.74, 6) is 2.69. The van der Waals surface area contributed by atoms with Crippen molar-refractivity contribution >= 4 is 0 Å². The van der Waals surface area contributed by atoms with Gasteiger partial charge in [0.1, 0.15) is 0 Å². The maximum absolute atomic E-state index is 5.31. The molecule has 0 saturated carbocycles. The molecule has 0 aromatic heterocycles. The van der Waals surface area contributed by atoms with Crippen LogP contribution in [0.2, 0.25) is 0 Å². The summed E-state index contributed by atoms with van der Waals surface area (Å²) in [6, 6.07) is 9.60. The topological polar surface area (TPSA) is 12.0 Å². The third-order valence-corrected chi connectivity index (χ3v) is 2.98. The summed E-state index contributed by atoms with van der Waals surface area (Å²) in [5, 5.41) is 3.51. The minimum absolute atomic E-state index is 0.356. The number of hydrogen-bond donors (Lipinski definition) is 1. The minimum Gasteiger partial charge on any atom is -0.307 e. The Bertz CT molecular complexity index is 358. The van der Waals surface area contributed by atoms with Gasteiger partial charge in [0.25, 0.3) is 0 Å². The van der Waals surface area contributed by atoms with Gasteiger partial charge in [-0.15, -0.1) is 12.3 Å². The van der Waals surface area contributed by atoms with Crippen molar-refractivity contribution in [3.05, 3.63) is 35.4 Å². The SMILES string of the molecule is C#CCC(C)NC(C)c1ccc(CCC)cc1. The van der Waals surface area contributed by atoms with Crippen molar-refractivity contribution in [2.45, 2.75) is 52.1 Å². The van der Waals surface area contributed by atoms with Crippen molar-refractivity contribution in [1.29, 1.82) is 0 Å². The Morgan fingerprint density at radius 1 is 1.24 bits per heavy atom. The molecule has 1 heteroatoms. The molecule has 0 aliphatic carbocycles. The van der Waals surface area contributed by atoms with Gasteiger partial charge in [0.2, 0.25) is 0 Å². The van der Waals surface area contributed by atoms with Gasteiger partial charge in [-0.05, 0) is 31.4 Å². The van der Waals surface area contributed by atoms with Gasteiger partial charge in [0.05, 0.1) is 0 Å². The van der Waals surface area contributed by atoms with Crippen LogP contribution in [-0.4, -0.2) is 6.04 Å². The Morgan fingerprint density at radius 3 is 2.41 bits per heavy atom. The first-order valence-corrected chi connectivity index (χ1v) is 6.45. The molecule has 0 radical (unpaired) electrons. The summed E-state index contributed by atoms with van der Waals surface area (Å²) in [4.78, 5) is 0. The molecule has 1 aromatic rings. The molecule has 0 amide bonds. The minimum atomic E-state index is 0.356. The maximum Gasteiger partial charge on any atom is 0.0294 e. The van der Waals surface area contributed by atoms with Gasteiger partial charge in [0.15, 0.2) is 0 Å². The summed E-state index contributed by atoms with van der Waals surface area (Å²) in [6.07, 6.45) is 8.45. The van der Waals surface area contributed by atoms with Crippen LogP contribution in [-0.2, 0) is 6.42 Å². The monoisotopic (exact) mass is 229 g/mol. The van der Waals surface area contributed by atoms with Crippen molar-refractivity contribution in [3.8, 4) is 12.3 Å². The highest BCUT2D eigenvalue weighted by molar-refractivity contribution is 5.24. The first-order chi connectivity index (χ1) is 8.17. The van der Waals surface area contributed by atoms with Crippen molar-refractivity contribution in [2.75, 3.05) is 0 Å². The Balaban J connectivity index is 2.57. The molecule has 0 aliphatic rings. The summed E-state index contributed by atoms with van der Waals surface area (Å²) in [7, 11) is 0. The zero-order chi connectivity index (χ0) is 12.7. The standard InChI is InChI=1S/C16H23N/c1-5-7-13(3)17-14(4)16-11-9-15(8-6-2)10-12-16/h1,9-14,17H,6-8H2,2-4H3. The lowest BCUT2D eigenvalue weighted by Gasteiger charge is -2.19. The zero-order valence-electron chi connectivity index (χ0n) is 11.2. The quantitative estimate of drug-likeness (QED) is 0.733. The molecule has 0 fully saturated rings. The van der Waals surface area contributed by atoms with E-state index in [0.29, 0.717) is 12.1 Å². The van der Waals surface area contributed by atoms with Crippen LogP contribution < -0.4 is 5.32 Å². The highest BCUT2D eigenvalue weighted by atomic mass is 14.9. The number of rotatable bonds is 6. The van der Waals surface area contributed by atoms with Gasteiger partial charge in [-0.25, -0.2) is 0 Å². The molecule has 1 N–H and O–H groups in total. The van der Waals surface area contributed by atoms with Crippen LogP contribution in [0.1, 0.15) is 50.8 Å². The van der Waals surface area contributed by atoms with E-state index in [1.165, 1.54) is 17.5 Å². The second kappa shape index (κ2) is 7.14. The Labute approximate surface area is 106 Å². The zero-order valence-corrected chi connectivity index (χ0v) is 11.2. The summed E-state index contributed by atoms with van der Waals surface area (Å²) >= 11 is 0. The van der Waals surface area contributed by atoms with E-state index < -0.39 is 0 Å². The molecule has 0 saturated heterocycles. The van der Waals surface area contributed by atoms with E-state index in [1.807, 2.05) is 0 Å². The Kier molecular flexibility index (Phi) is 5.80. The lowest BCUT2D eigenvalue weighted by Crippen LogP contribution is -2.28. The van der Waals surface area contributed by atoms with Crippen molar-refractivity contribution in [3.63, 3.8) is 0 Å². The van der Waals surface area contributed by atoms with Crippen LogP contribution in [0.25, 0.3) is 0 Å². The molecular formula is C16H23N. The van der Waals surface area contributed by atoms with Gasteiger partial charge in [0, 0.05) is 18.5 Å². The second-order valence-electron chi connectivity index (χ2n) is 4.69. The van der Waals surface area contributed by atoms with Gasteiger partial charge in [-0.1, -0.05) is 37.6 Å². The van der Waals surface area contributed by atoms with Crippen LogP contribution in [0.5, 0.6) is 0 Å². The number of aryl methyl sites for hydroxylation is 1. The van der Waals surface area contributed by atoms with Crippen LogP contribution in [0.4, 0.5) is 0 Å². The van der Waals surface area contributed by atoms with Gasteiger partial charge >= 0.3 is 0 Å². The molecule has 1 aromatic carbocycles. The van der Waals surface area contributed by atoms with Crippen LogP contribution in [0.15, 0.2) is 24.3 Å². The Hall–Kier alpha value is -1.26. The van der Waals surface area contributed by atoms with Gasteiger partial charge in [-0.2, -0.15) is 0 Å². The van der Waals surface area contributed by atoms with E-state index in [4.69, 9.17) is 6.42 Å². The molecule has 1 rings (SSSR count).